The third kappa shape index (κ3) is 3.20. The summed E-state index contributed by atoms with van der Waals surface area (Å²) in [5, 5.41) is 12.9. The minimum atomic E-state index is -0.936. The van der Waals surface area contributed by atoms with Crippen LogP contribution in [0.25, 0.3) is 10.1 Å². The molecule has 0 bridgehead atoms. The van der Waals surface area contributed by atoms with Crippen molar-refractivity contribution in [3.8, 4) is 0 Å². The molecule has 1 fully saturated rings. The Morgan fingerprint density at radius 2 is 2.08 bits per heavy atom. The molecule has 3 rings (SSSR count). The SMILES string of the molecule is C=CCC1(C(=O)Nc2ccc3sc(C(=O)O)cc3c2)CCOCC1. The maximum absolute atomic E-state index is 12.8. The Balaban J connectivity index is 1.83. The topological polar surface area (TPSA) is 75.6 Å². The van der Waals surface area contributed by atoms with E-state index >= 15 is 0 Å². The van der Waals surface area contributed by atoms with E-state index in [2.05, 4.69) is 11.9 Å². The highest BCUT2D eigenvalue weighted by molar-refractivity contribution is 7.20. The predicted octanol–water partition coefficient (Wildman–Crippen LogP) is 3.91. The van der Waals surface area contributed by atoms with Crippen LogP contribution < -0.4 is 5.32 Å². The van der Waals surface area contributed by atoms with E-state index in [0.29, 0.717) is 43.0 Å². The number of hydrogen-bond donors (Lipinski definition) is 2. The number of fused-ring (bicyclic) bond motifs is 1. The summed E-state index contributed by atoms with van der Waals surface area (Å²) in [5.74, 6) is -0.965. The third-order valence-electron chi connectivity index (χ3n) is 4.45. The number of rotatable bonds is 5. The number of carboxylic acids is 1. The first kappa shape index (κ1) is 16.7. The van der Waals surface area contributed by atoms with Gasteiger partial charge in [0, 0.05) is 23.6 Å². The number of benzene rings is 1. The number of anilines is 1. The van der Waals surface area contributed by atoms with Crippen molar-refractivity contribution in [2.45, 2.75) is 19.3 Å². The monoisotopic (exact) mass is 345 g/mol. The largest absolute Gasteiger partial charge is 0.477 e. The van der Waals surface area contributed by atoms with Crippen LogP contribution in [-0.2, 0) is 9.53 Å². The third-order valence-corrected chi connectivity index (χ3v) is 5.56. The Hall–Kier alpha value is -2.18. The van der Waals surface area contributed by atoms with E-state index in [9.17, 15) is 9.59 Å². The second kappa shape index (κ2) is 6.75. The van der Waals surface area contributed by atoms with E-state index in [1.807, 2.05) is 18.2 Å². The van der Waals surface area contributed by atoms with Gasteiger partial charge in [0.25, 0.3) is 0 Å². The second-order valence-electron chi connectivity index (χ2n) is 6.01. The van der Waals surface area contributed by atoms with Crippen LogP contribution in [0.2, 0.25) is 0 Å². The van der Waals surface area contributed by atoms with Crippen LogP contribution in [0, 0.1) is 5.41 Å². The van der Waals surface area contributed by atoms with E-state index in [1.165, 1.54) is 11.3 Å². The van der Waals surface area contributed by atoms with Crippen molar-refractivity contribution < 1.29 is 19.4 Å². The zero-order valence-corrected chi connectivity index (χ0v) is 14.0. The number of nitrogens with one attached hydrogen (secondary N) is 1. The maximum atomic E-state index is 12.8. The predicted molar refractivity (Wildman–Crippen MR) is 94.7 cm³/mol. The van der Waals surface area contributed by atoms with Crippen molar-refractivity contribution in [2.24, 2.45) is 5.41 Å². The zero-order chi connectivity index (χ0) is 17.2. The van der Waals surface area contributed by atoms with Gasteiger partial charge in [-0.05, 0) is 48.9 Å². The number of carboxylic acid groups (broad SMARTS) is 1. The fourth-order valence-electron chi connectivity index (χ4n) is 3.05. The van der Waals surface area contributed by atoms with Crippen LogP contribution in [0.5, 0.6) is 0 Å². The van der Waals surface area contributed by atoms with Gasteiger partial charge in [0.2, 0.25) is 5.91 Å². The molecule has 2 aromatic rings. The molecule has 0 aliphatic carbocycles. The highest BCUT2D eigenvalue weighted by atomic mass is 32.1. The summed E-state index contributed by atoms with van der Waals surface area (Å²) in [5.41, 5.74) is 0.202. The molecule has 1 aliphatic rings. The number of thiophene rings is 1. The molecule has 126 valence electrons. The molecular weight excluding hydrogens is 326 g/mol. The number of amides is 1. The summed E-state index contributed by atoms with van der Waals surface area (Å²) in [6.07, 6.45) is 3.75. The molecule has 0 spiro atoms. The Kier molecular flexibility index (Phi) is 4.69. The average molecular weight is 345 g/mol. The van der Waals surface area contributed by atoms with Gasteiger partial charge < -0.3 is 15.2 Å². The molecule has 0 atom stereocenters. The fraction of sp³-hybridized carbons (Fsp3) is 0.333. The Morgan fingerprint density at radius 1 is 1.33 bits per heavy atom. The molecule has 1 aliphatic heterocycles. The van der Waals surface area contributed by atoms with Crippen molar-refractivity contribution >= 4 is 39.0 Å². The summed E-state index contributed by atoms with van der Waals surface area (Å²) in [7, 11) is 0. The van der Waals surface area contributed by atoms with E-state index < -0.39 is 11.4 Å². The first-order valence-corrected chi connectivity index (χ1v) is 8.63. The number of ether oxygens (including phenoxy) is 1. The van der Waals surface area contributed by atoms with Crippen molar-refractivity contribution in [1.29, 1.82) is 0 Å². The first-order valence-electron chi connectivity index (χ1n) is 7.81. The van der Waals surface area contributed by atoms with Gasteiger partial charge in [-0.3, -0.25) is 4.79 Å². The van der Waals surface area contributed by atoms with Gasteiger partial charge in [0.05, 0.1) is 5.41 Å². The molecule has 24 heavy (non-hydrogen) atoms. The molecule has 6 heteroatoms. The number of hydrogen-bond acceptors (Lipinski definition) is 4. The smallest absolute Gasteiger partial charge is 0.345 e. The molecule has 1 aromatic carbocycles. The van der Waals surface area contributed by atoms with Gasteiger partial charge in [0.15, 0.2) is 0 Å². The standard InChI is InChI=1S/C18H19NO4S/c1-2-5-18(6-8-23-9-7-18)17(22)19-13-3-4-14-12(10-13)11-15(24-14)16(20)21/h2-4,10-11H,1,5-9H2,(H,19,22)(H,20,21). The molecule has 5 nitrogen and oxygen atoms in total. The van der Waals surface area contributed by atoms with E-state index in [-0.39, 0.29) is 5.91 Å². The Labute approximate surface area is 143 Å². The van der Waals surface area contributed by atoms with Gasteiger partial charge in [-0.2, -0.15) is 0 Å². The molecule has 2 heterocycles. The molecule has 0 radical (unpaired) electrons. The molecule has 0 saturated carbocycles. The quantitative estimate of drug-likeness (QED) is 0.806. The lowest BCUT2D eigenvalue weighted by molar-refractivity contribution is -0.130. The number of carbonyl (C=O) groups excluding carboxylic acids is 1. The van der Waals surface area contributed by atoms with Crippen LogP contribution in [0.15, 0.2) is 36.9 Å². The number of aromatic carboxylic acids is 1. The fourth-order valence-corrected chi connectivity index (χ4v) is 3.93. The van der Waals surface area contributed by atoms with Crippen molar-refractivity contribution in [2.75, 3.05) is 18.5 Å². The molecule has 1 aromatic heterocycles. The lowest BCUT2D eigenvalue weighted by Crippen LogP contribution is -2.40. The van der Waals surface area contributed by atoms with E-state index in [0.717, 1.165) is 10.1 Å². The summed E-state index contributed by atoms with van der Waals surface area (Å²) in [6, 6.07) is 7.10. The van der Waals surface area contributed by atoms with Crippen molar-refractivity contribution in [3.63, 3.8) is 0 Å². The van der Waals surface area contributed by atoms with Crippen molar-refractivity contribution in [3.05, 3.63) is 41.8 Å². The van der Waals surface area contributed by atoms with Gasteiger partial charge in [-0.25, -0.2) is 4.79 Å². The molecule has 1 amide bonds. The van der Waals surface area contributed by atoms with Crippen LogP contribution in [0.4, 0.5) is 5.69 Å². The minimum absolute atomic E-state index is 0.0289. The van der Waals surface area contributed by atoms with Crippen LogP contribution in [0.1, 0.15) is 28.9 Å². The molecule has 0 unspecified atom stereocenters. The van der Waals surface area contributed by atoms with Gasteiger partial charge in [-0.15, -0.1) is 17.9 Å². The normalized spacial score (nSPS) is 16.7. The summed E-state index contributed by atoms with van der Waals surface area (Å²) < 4.78 is 6.27. The second-order valence-corrected chi connectivity index (χ2v) is 7.09. The average Bonchev–Trinajstić information content (AvgIpc) is 2.99. The number of carbonyl (C=O) groups is 2. The van der Waals surface area contributed by atoms with Crippen LogP contribution in [0.3, 0.4) is 0 Å². The maximum Gasteiger partial charge on any atom is 0.345 e. The Morgan fingerprint density at radius 3 is 2.75 bits per heavy atom. The van der Waals surface area contributed by atoms with Gasteiger partial charge >= 0.3 is 5.97 Å². The zero-order valence-electron chi connectivity index (χ0n) is 13.2. The summed E-state index contributed by atoms with van der Waals surface area (Å²) in [4.78, 5) is 24.2. The van der Waals surface area contributed by atoms with E-state index in [4.69, 9.17) is 9.84 Å². The van der Waals surface area contributed by atoms with Gasteiger partial charge in [-0.1, -0.05) is 6.08 Å². The number of allylic oxidation sites excluding steroid dienone is 1. The molecule has 1 saturated heterocycles. The summed E-state index contributed by atoms with van der Waals surface area (Å²) in [6.45, 7) is 4.93. The Bertz CT molecular complexity index is 789. The highest BCUT2D eigenvalue weighted by Gasteiger charge is 2.38. The van der Waals surface area contributed by atoms with Crippen LogP contribution >= 0.6 is 11.3 Å². The van der Waals surface area contributed by atoms with Crippen LogP contribution in [-0.4, -0.2) is 30.2 Å². The molecule has 2 N–H and O–H groups in total. The first-order chi connectivity index (χ1) is 11.5. The lowest BCUT2D eigenvalue weighted by atomic mass is 9.76. The lowest BCUT2D eigenvalue weighted by Gasteiger charge is -2.34. The molecular formula is C18H19NO4S. The highest BCUT2D eigenvalue weighted by Crippen LogP contribution is 2.36. The van der Waals surface area contributed by atoms with Gasteiger partial charge in [0.1, 0.15) is 4.88 Å². The summed E-state index contributed by atoms with van der Waals surface area (Å²) >= 11 is 1.23. The van der Waals surface area contributed by atoms with Crippen molar-refractivity contribution in [1.82, 2.24) is 0 Å². The minimum Gasteiger partial charge on any atom is -0.477 e. The van der Waals surface area contributed by atoms with E-state index in [1.54, 1.807) is 12.1 Å².